The number of nitrogens with zero attached hydrogens (tertiary/aromatic N) is 4. The Balaban J connectivity index is 1.56. The highest BCUT2D eigenvalue weighted by Crippen LogP contribution is 2.21. The molecule has 0 N–H and O–H groups in total. The van der Waals surface area contributed by atoms with Crippen LogP contribution in [-0.4, -0.2) is 34.1 Å². The van der Waals surface area contributed by atoms with Crippen LogP contribution in [0.25, 0.3) is 0 Å². The molecular weight excluding hydrogens is 264 g/mol. The van der Waals surface area contributed by atoms with Crippen LogP contribution in [0.3, 0.4) is 0 Å². The molecule has 0 radical (unpaired) electrons. The third-order valence-electron chi connectivity index (χ3n) is 3.68. The molecule has 110 valence electrons. The van der Waals surface area contributed by atoms with Crippen molar-refractivity contribution in [2.24, 2.45) is 0 Å². The van der Waals surface area contributed by atoms with Gasteiger partial charge in [-0.15, -0.1) is 0 Å². The standard InChI is InChI=1S/C16H20N4O/c1-12-3-4-15(18-9-12)20-7-5-14(6-8-20)21-16-11-17-10-13(2)19-16/h3-4,9-11,14H,5-8H2,1-2H3. The predicted molar refractivity (Wildman–Crippen MR) is 81.6 cm³/mol. The van der Waals surface area contributed by atoms with Crippen LogP contribution < -0.4 is 9.64 Å². The molecule has 0 bridgehead atoms. The summed E-state index contributed by atoms with van der Waals surface area (Å²) in [6.45, 7) is 5.89. The second-order valence-corrected chi connectivity index (χ2v) is 5.50. The van der Waals surface area contributed by atoms with Crippen LogP contribution >= 0.6 is 0 Å². The average Bonchev–Trinajstić information content (AvgIpc) is 2.49. The molecule has 3 rings (SSSR count). The number of ether oxygens (including phenoxy) is 1. The lowest BCUT2D eigenvalue weighted by Crippen LogP contribution is -2.38. The topological polar surface area (TPSA) is 51.1 Å². The van der Waals surface area contributed by atoms with E-state index in [1.54, 1.807) is 12.4 Å². The summed E-state index contributed by atoms with van der Waals surface area (Å²) >= 11 is 0. The molecule has 5 heteroatoms. The van der Waals surface area contributed by atoms with Gasteiger partial charge in [0.1, 0.15) is 11.9 Å². The van der Waals surface area contributed by atoms with Gasteiger partial charge in [0.2, 0.25) is 5.88 Å². The highest BCUT2D eigenvalue weighted by Gasteiger charge is 2.21. The van der Waals surface area contributed by atoms with Crippen LogP contribution in [0.2, 0.25) is 0 Å². The van der Waals surface area contributed by atoms with Crippen LogP contribution in [-0.2, 0) is 0 Å². The summed E-state index contributed by atoms with van der Waals surface area (Å²) in [6.07, 6.45) is 7.50. The summed E-state index contributed by atoms with van der Waals surface area (Å²) in [4.78, 5) is 15.2. The molecule has 21 heavy (non-hydrogen) atoms. The lowest BCUT2D eigenvalue weighted by Gasteiger charge is -2.32. The fourth-order valence-corrected chi connectivity index (χ4v) is 2.52. The zero-order valence-electron chi connectivity index (χ0n) is 12.5. The number of anilines is 1. The van der Waals surface area contributed by atoms with Crippen molar-refractivity contribution < 1.29 is 4.74 Å². The van der Waals surface area contributed by atoms with Crippen molar-refractivity contribution in [3.8, 4) is 5.88 Å². The number of hydrogen-bond donors (Lipinski definition) is 0. The molecule has 0 atom stereocenters. The van der Waals surface area contributed by atoms with E-state index in [2.05, 4.69) is 38.9 Å². The van der Waals surface area contributed by atoms with E-state index in [4.69, 9.17) is 4.74 Å². The smallest absolute Gasteiger partial charge is 0.232 e. The lowest BCUT2D eigenvalue weighted by atomic mass is 10.1. The molecule has 1 fully saturated rings. The van der Waals surface area contributed by atoms with Crippen molar-refractivity contribution in [2.45, 2.75) is 32.8 Å². The molecule has 0 saturated carbocycles. The minimum atomic E-state index is 0.211. The fourth-order valence-electron chi connectivity index (χ4n) is 2.52. The Morgan fingerprint density at radius 1 is 1.10 bits per heavy atom. The van der Waals surface area contributed by atoms with E-state index >= 15 is 0 Å². The molecule has 0 aliphatic carbocycles. The van der Waals surface area contributed by atoms with E-state index in [0.29, 0.717) is 5.88 Å². The Bertz CT molecular complexity index is 591. The Morgan fingerprint density at radius 2 is 1.90 bits per heavy atom. The monoisotopic (exact) mass is 284 g/mol. The molecule has 0 amide bonds. The molecule has 5 nitrogen and oxygen atoms in total. The second kappa shape index (κ2) is 6.08. The molecule has 0 spiro atoms. The van der Waals surface area contributed by atoms with Gasteiger partial charge in [-0.2, -0.15) is 0 Å². The van der Waals surface area contributed by atoms with Gasteiger partial charge in [0.05, 0.1) is 11.9 Å². The van der Waals surface area contributed by atoms with Crippen LogP contribution in [0.5, 0.6) is 5.88 Å². The van der Waals surface area contributed by atoms with Gasteiger partial charge in [-0.3, -0.25) is 4.98 Å². The van der Waals surface area contributed by atoms with Crippen molar-refractivity contribution in [1.82, 2.24) is 15.0 Å². The summed E-state index contributed by atoms with van der Waals surface area (Å²) in [7, 11) is 0. The zero-order valence-corrected chi connectivity index (χ0v) is 12.5. The minimum absolute atomic E-state index is 0.211. The first kappa shape index (κ1) is 13.8. The summed E-state index contributed by atoms with van der Waals surface area (Å²) in [5, 5.41) is 0. The molecule has 3 heterocycles. The minimum Gasteiger partial charge on any atom is -0.473 e. The fraction of sp³-hybridized carbons (Fsp3) is 0.438. The molecule has 1 aliphatic rings. The highest BCUT2D eigenvalue weighted by atomic mass is 16.5. The van der Waals surface area contributed by atoms with E-state index in [-0.39, 0.29) is 6.10 Å². The molecule has 1 saturated heterocycles. The van der Waals surface area contributed by atoms with Gasteiger partial charge in [0.15, 0.2) is 0 Å². The van der Waals surface area contributed by atoms with E-state index < -0.39 is 0 Å². The molecule has 1 aliphatic heterocycles. The maximum atomic E-state index is 5.92. The van der Waals surface area contributed by atoms with E-state index in [1.165, 1.54) is 5.56 Å². The van der Waals surface area contributed by atoms with E-state index in [0.717, 1.165) is 37.4 Å². The Hall–Kier alpha value is -2.17. The van der Waals surface area contributed by atoms with E-state index in [1.807, 2.05) is 13.1 Å². The van der Waals surface area contributed by atoms with Crippen LogP contribution in [0.1, 0.15) is 24.1 Å². The number of aromatic nitrogens is 3. The van der Waals surface area contributed by atoms with Gasteiger partial charge < -0.3 is 9.64 Å². The first-order valence-corrected chi connectivity index (χ1v) is 7.33. The second-order valence-electron chi connectivity index (χ2n) is 5.50. The van der Waals surface area contributed by atoms with Crippen LogP contribution in [0.4, 0.5) is 5.82 Å². The lowest BCUT2D eigenvalue weighted by molar-refractivity contribution is 0.163. The first-order chi connectivity index (χ1) is 10.2. The number of aryl methyl sites for hydroxylation is 2. The predicted octanol–water partition coefficient (Wildman–Crippen LogP) is 2.54. The number of pyridine rings is 1. The summed E-state index contributed by atoms with van der Waals surface area (Å²) in [5.41, 5.74) is 2.07. The quantitative estimate of drug-likeness (QED) is 0.867. The van der Waals surface area contributed by atoms with Gasteiger partial charge >= 0.3 is 0 Å². The Labute approximate surface area is 125 Å². The zero-order chi connectivity index (χ0) is 14.7. The summed E-state index contributed by atoms with van der Waals surface area (Å²) in [6, 6.07) is 4.19. The largest absolute Gasteiger partial charge is 0.473 e. The third kappa shape index (κ3) is 3.48. The molecular formula is C16H20N4O. The van der Waals surface area contributed by atoms with E-state index in [9.17, 15) is 0 Å². The Morgan fingerprint density at radius 3 is 2.57 bits per heavy atom. The average molecular weight is 284 g/mol. The maximum absolute atomic E-state index is 5.92. The summed E-state index contributed by atoms with van der Waals surface area (Å²) in [5.74, 6) is 1.68. The van der Waals surface area contributed by atoms with Crippen molar-refractivity contribution in [3.05, 3.63) is 42.0 Å². The van der Waals surface area contributed by atoms with Crippen molar-refractivity contribution >= 4 is 5.82 Å². The normalized spacial score (nSPS) is 16.0. The maximum Gasteiger partial charge on any atom is 0.232 e. The van der Waals surface area contributed by atoms with Gasteiger partial charge in [-0.1, -0.05) is 6.07 Å². The van der Waals surface area contributed by atoms with Crippen LogP contribution in [0.15, 0.2) is 30.7 Å². The summed E-state index contributed by atoms with van der Waals surface area (Å²) < 4.78 is 5.92. The molecule has 2 aromatic heterocycles. The highest BCUT2D eigenvalue weighted by molar-refractivity contribution is 5.39. The van der Waals surface area contributed by atoms with Crippen LogP contribution in [0, 0.1) is 13.8 Å². The molecule has 0 unspecified atom stereocenters. The number of rotatable bonds is 3. The number of hydrogen-bond acceptors (Lipinski definition) is 5. The van der Waals surface area contributed by atoms with Gasteiger partial charge in [0, 0.05) is 38.3 Å². The van der Waals surface area contributed by atoms with Crippen molar-refractivity contribution in [2.75, 3.05) is 18.0 Å². The van der Waals surface area contributed by atoms with Crippen molar-refractivity contribution in [3.63, 3.8) is 0 Å². The Kier molecular flexibility index (Phi) is 3.99. The molecule has 0 aromatic carbocycles. The first-order valence-electron chi connectivity index (χ1n) is 7.33. The van der Waals surface area contributed by atoms with Gasteiger partial charge in [-0.05, 0) is 25.5 Å². The van der Waals surface area contributed by atoms with Gasteiger partial charge in [0.25, 0.3) is 0 Å². The number of piperidine rings is 1. The van der Waals surface area contributed by atoms with Gasteiger partial charge in [-0.25, -0.2) is 9.97 Å². The third-order valence-corrected chi connectivity index (χ3v) is 3.68. The SMILES string of the molecule is Cc1ccc(N2CCC(Oc3cncc(C)n3)CC2)nc1. The molecule has 2 aromatic rings. The van der Waals surface area contributed by atoms with Crippen molar-refractivity contribution in [1.29, 1.82) is 0 Å².